The van der Waals surface area contributed by atoms with Crippen molar-refractivity contribution in [1.29, 1.82) is 0 Å². The van der Waals surface area contributed by atoms with Crippen LogP contribution in [0.25, 0.3) is 44.1 Å². The molecule has 0 radical (unpaired) electrons. The molecule has 2 aromatic heterocycles. The van der Waals surface area contributed by atoms with Crippen molar-refractivity contribution in [3.05, 3.63) is 120 Å². The van der Waals surface area contributed by atoms with E-state index in [2.05, 4.69) is 109 Å². The molecular weight excluding hydrogens is 553 g/mol. The summed E-state index contributed by atoms with van der Waals surface area (Å²) in [6.45, 7) is 4.17. The van der Waals surface area contributed by atoms with Crippen molar-refractivity contribution in [2.24, 2.45) is 0 Å². The van der Waals surface area contributed by atoms with Gasteiger partial charge in [0.1, 0.15) is 11.6 Å². The van der Waals surface area contributed by atoms with Crippen molar-refractivity contribution < 1.29 is 27.3 Å². The number of anilines is 2. The second kappa shape index (κ2) is 11.5. The minimum absolute atomic E-state index is 0. The normalized spacial score (nSPS) is 10.4. The van der Waals surface area contributed by atoms with E-state index >= 15 is 0 Å². The molecule has 6 rings (SSSR count). The van der Waals surface area contributed by atoms with Crippen molar-refractivity contribution in [1.82, 2.24) is 9.97 Å². The topological polar surface area (TPSA) is 77.8 Å². The Balaban J connectivity index is 0.000000168. The standard InChI is InChI=1S/2C16H14N2.Cd/c2*1-11-5-7-12(8-6-11)14-4-2-3-13-9-10-15(17)18-16(13)14;/h2*2-10H,1H3,(H2,17,18);. The van der Waals surface area contributed by atoms with E-state index in [1.54, 1.807) is 0 Å². The maximum atomic E-state index is 5.78. The molecule has 0 aliphatic rings. The van der Waals surface area contributed by atoms with Crippen molar-refractivity contribution >= 4 is 33.4 Å². The number of fused-ring (bicyclic) bond motifs is 2. The van der Waals surface area contributed by atoms with Crippen LogP contribution in [0.5, 0.6) is 0 Å². The molecule has 0 aliphatic heterocycles. The predicted octanol–water partition coefficient (Wildman–Crippen LogP) is 7.58. The van der Waals surface area contributed by atoms with Gasteiger partial charge in [-0.1, -0.05) is 96.1 Å². The van der Waals surface area contributed by atoms with Crippen LogP contribution in [0.1, 0.15) is 11.1 Å². The van der Waals surface area contributed by atoms with Crippen LogP contribution >= 0.6 is 0 Å². The maximum absolute atomic E-state index is 5.78. The van der Waals surface area contributed by atoms with E-state index in [-0.39, 0.29) is 27.3 Å². The Labute approximate surface area is 237 Å². The Morgan fingerprint density at radius 2 is 0.838 bits per heavy atom. The van der Waals surface area contributed by atoms with Crippen LogP contribution in [0.4, 0.5) is 11.6 Å². The number of nitrogens with zero attached hydrogens (tertiary/aromatic N) is 2. The average molecular weight is 581 g/mol. The summed E-state index contributed by atoms with van der Waals surface area (Å²) in [6, 6.07) is 37.0. The van der Waals surface area contributed by atoms with Gasteiger partial charge >= 0.3 is 0 Å². The maximum Gasteiger partial charge on any atom is 0.124 e. The zero-order valence-electron chi connectivity index (χ0n) is 21.1. The summed E-state index contributed by atoms with van der Waals surface area (Å²) < 4.78 is 0. The number of aromatic nitrogens is 2. The smallest absolute Gasteiger partial charge is 0.124 e. The van der Waals surface area contributed by atoms with Gasteiger partial charge in [0.15, 0.2) is 0 Å². The molecule has 178 valence electrons. The number of rotatable bonds is 2. The molecule has 0 spiro atoms. The van der Waals surface area contributed by atoms with E-state index in [1.165, 1.54) is 22.3 Å². The van der Waals surface area contributed by atoms with E-state index < -0.39 is 0 Å². The second-order valence-corrected chi connectivity index (χ2v) is 8.96. The third kappa shape index (κ3) is 5.97. The number of pyridine rings is 2. The zero-order valence-corrected chi connectivity index (χ0v) is 25.2. The molecule has 0 saturated carbocycles. The van der Waals surface area contributed by atoms with Gasteiger partial charge in [0.25, 0.3) is 0 Å². The Kier molecular flexibility index (Phi) is 8.18. The van der Waals surface area contributed by atoms with E-state index in [9.17, 15) is 0 Å². The molecule has 4 N–H and O–H groups in total. The fourth-order valence-electron chi connectivity index (χ4n) is 4.26. The van der Waals surface area contributed by atoms with Crippen molar-refractivity contribution in [2.75, 3.05) is 11.5 Å². The summed E-state index contributed by atoms with van der Waals surface area (Å²) in [6.07, 6.45) is 0. The third-order valence-electron chi connectivity index (χ3n) is 6.21. The first-order valence-electron chi connectivity index (χ1n) is 11.9. The number of nitrogen functional groups attached to an aromatic ring is 2. The molecule has 0 unspecified atom stereocenters. The van der Waals surface area contributed by atoms with E-state index in [0.717, 1.165) is 32.9 Å². The molecule has 6 aromatic rings. The summed E-state index contributed by atoms with van der Waals surface area (Å²) >= 11 is 0. The average Bonchev–Trinajstić information content (AvgIpc) is 2.89. The van der Waals surface area contributed by atoms with Crippen molar-refractivity contribution in [3.8, 4) is 22.3 Å². The fraction of sp³-hybridized carbons (Fsp3) is 0.0625. The van der Waals surface area contributed by atoms with E-state index in [0.29, 0.717) is 11.6 Å². The van der Waals surface area contributed by atoms with Gasteiger partial charge in [-0.05, 0) is 49.2 Å². The summed E-state index contributed by atoms with van der Waals surface area (Å²) in [5, 5.41) is 2.23. The summed E-state index contributed by atoms with van der Waals surface area (Å²) in [5.74, 6) is 1.11. The predicted molar refractivity (Wildman–Crippen MR) is 153 cm³/mol. The van der Waals surface area contributed by atoms with Crippen LogP contribution in [-0.2, 0) is 27.3 Å². The zero-order chi connectivity index (χ0) is 25.1. The summed E-state index contributed by atoms with van der Waals surface area (Å²) in [4.78, 5) is 8.90. The molecule has 37 heavy (non-hydrogen) atoms. The second-order valence-electron chi connectivity index (χ2n) is 8.96. The molecule has 4 aromatic carbocycles. The summed E-state index contributed by atoms with van der Waals surface area (Å²) in [7, 11) is 0. The first-order chi connectivity index (χ1) is 17.5. The van der Waals surface area contributed by atoms with Crippen molar-refractivity contribution in [3.63, 3.8) is 0 Å². The minimum Gasteiger partial charge on any atom is -0.384 e. The minimum atomic E-state index is 0. The molecule has 2 heterocycles. The van der Waals surface area contributed by atoms with Gasteiger partial charge in [-0.15, -0.1) is 0 Å². The Bertz CT molecular complexity index is 1530. The Morgan fingerprint density at radius 1 is 0.459 bits per heavy atom. The quantitative estimate of drug-likeness (QED) is 0.207. The van der Waals surface area contributed by atoms with Crippen LogP contribution in [0, 0.1) is 13.8 Å². The molecule has 0 bridgehead atoms. The molecule has 4 nitrogen and oxygen atoms in total. The number of para-hydroxylation sites is 2. The van der Waals surface area contributed by atoms with Crippen LogP contribution in [0.2, 0.25) is 0 Å². The largest absolute Gasteiger partial charge is 0.384 e. The van der Waals surface area contributed by atoms with Gasteiger partial charge < -0.3 is 11.5 Å². The molecule has 0 aliphatic carbocycles. The van der Waals surface area contributed by atoms with Crippen molar-refractivity contribution in [2.45, 2.75) is 13.8 Å². The number of benzene rings is 4. The molecule has 0 fully saturated rings. The van der Waals surface area contributed by atoms with Crippen LogP contribution < -0.4 is 11.5 Å². The number of nitrogens with two attached hydrogens (primary N) is 2. The molecule has 0 atom stereocenters. The van der Waals surface area contributed by atoms with Crippen LogP contribution in [-0.4, -0.2) is 9.97 Å². The van der Waals surface area contributed by atoms with Gasteiger partial charge in [0.2, 0.25) is 0 Å². The monoisotopic (exact) mass is 582 g/mol. The van der Waals surface area contributed by atoms with Gasteiger partial charge in [-0.2, -0.15) is 0 Å². The van der Waals surface area contributed by atoms with Gasteiger partial charge in [0, 0.05) is 49.2 Å². The number of hydrogen-bond donors (Lipinski definition) is 2. The van der Waals surface area contributed by atoms with Crippen LogP contribution in [0.3, 0.4) is 0 Å². The first-order valence-corrected chi connectivity index (χ1v) is 11.9. The molecule has 0 amide bonds. The fourth-order valence-corrected chi connectivity index (χ4v) is 4.26. The molecule has 5 heteroatoms. The Hall–Kier alpha value is -3.78. The SMILES string of the molecule is Cc1ccc(-c2cccc3ccc(N)nc23)cc1.Cc1ccc(-c2cccc3ccc(N)nc23)cc1.[Cd]. The van der Waals surface area contributed by atoms with Gasteiger partial charge in [-0.25, -0.2) is 9.97 Å². The van der Waals surface area contributed by atoms with E-state index in [4.69, 9.17) is 11.5 Å². The Morgan fingerprint density at radius 3 is 1.22 bits per heavy atom. The van der Waals surface area contributed by atoms with Gasteiger partial charge in [-0.3, -0.25) is 0 Å². The molecular formula is C32H28CdN4. The van der Waals surface area contributed by atoms with Gasteiger partial charge in [0.05, 0.1) is 11.0 Å². The number of aryl methyl sites for hydroxylation is 2. The number of hydrogen-bond acceptors (Lipinski definition) is 4. The first kappa shape index (κ1) is 26.3. The summed E-state index contributed by atoms with van der Waals surface area (Å²) in [5.41, 5.74) is 20.6. The van der Waals surface area contributed by atoms with E-state index in [1.807, 2.05) is 24.3 Å². The van der Waals surface area contributed by atoms with Crippen LogP contribution in [0.15, 0.2) is 109 Å². The molecule has 0 saturated heterocycles. The third-order valence-corrected chi connectivity index (χ3v) is 6.21.